The monoisotopic (exact) mass is 502 g/mol. The lowest BCUT2D eigenvalue weighted by Crippen LogP contribution is -2.53. The average molecular weight is 503 g/mol. The molecule has 1 aliphatic rings. The van der Waals surface area contributed by atoms with Crippen molar-refractivity contribution in [3.63, 3.8) is 0 Å². The Balaban J connectivity index is 1.74. The van der Waals surface area contributed by atoms with Gasteiger partial charge in [0.25, 0.3) is 0 Å². The Morgan fingerprint density at radius 2 is 1.36 bits per heavy atom. The first-order valence-electron chi connectivity index (χ1n) is 15.0. The Morgan fingerprint density at radius 3 is 1.89 bits per heavy atom. The van der Waals surface area contributed by atoms with Crippen LogP contribution in [0.15, 0.2) is 30.3 Å². The molecule has 1 fully saturated rings. The maximum absolute atomic E-state index is 6.83. The minimum Gasteiger partial charge on any atom is -0.345 e. The van der Waals surface area contributed by atoms with Crippen LogP contribution in [0.4, 0.5) is 0 Å². The van der Waals surface area contributed by atoms with Crippen molar-refractivity contribution in [2.75, 3.05) is 6.54 Å². The van der Waals surface area contributed by atoms with E-state index in [2.05, 4.69) is 62.9 Å². The molecule has 0 spiro atoms. The molecule has 0 aromatic heterocycles. The summed E-state index contributed by atoms with van der Waals surface area (Å²) in [5, 5.41) is 0. The van der Waals surface area contributed by atoms with Crippen LogP contribution in [0.2, 0.25) is 0 Å². The van der Waals surface area contributed by atoms with E-state index < -0.39 is 5.79 Å². The molecule has 0 unspecified atom stereocenters. The molecule has 4 heteroatoms. The summed E-state index contributed by atoms with van der Waals surface area (Å²) < 4.78 is 12.7. The summed E-state index contributed by atoms with van der Waals surface area (Å²) in [6.45, 7) is 14.8. The summed E-state index contributed by atoms with van der Waals surface area (Å²) in [5.74, 6) is -0.559. The Hall–Kier alpha value is -0.940. The Morgan fingerprint density at radius 1 is 0.833 bits per heavy atom. The van der Waals surface area contributed by atoms with Gasteiger partial charge in [-0.3, -0.25) is 4.90 Å². The van der Waals surface area contributed by atoms with Crippen molar-refractivity contribution in [1.82, 2.24) is 4.90 Å². The van der Waals surface area contributed by atoms with E-state index in [4.69, 9.17) is 15.2 Å². The molecular weight excluding hydrogens is 444 g/mol. The zero-order valence-electron chi connectivity index (χ0n) is 24.6. The molecule has 36 heavy (non-hydrogen) atoms. The lowest BCUT2D eigenvalue weighted by atomic mass is 9.97. The fraction of sp³-hybridized carbons (Fsp3) is 0.812. The third-order valence-electron chi connectivity index (χ3n) is 7.58. The van der Waals surface area contributed by atoms with Crippen LogP contribution in [0.25, 0.3) is 0 Å². The van der Waals surface area contributed by atoms with Crippen molar-refractivity contribution in [3.05, 3.63) is 35.9 Å². The molecule has 0 aliphatic carbocycles. The SMILES string of the molecule is CCCCCCCCCCCCCC[C@H]1OC(C)(C)O[C@H]1[C@@H](N)CN(Cc1ccccc1)C(C)(C)C. The first kappa shape index (κ1) is 31.3. The van der Waals surface area contributed by atoms with E-state index in [0.717, 1.165) is 19.5 Å². The number of rotatable bonds is 18. The summed E-state index contributed by atoms with van der Waals surface area (Å²) in [6.07, 6.45) is 17.5. The van der Waals surface area contributed by atoms with Crippen LogP contribution >= 0.6 is 0 Å². The maximum Gasteiger partial charge on any atom is 0.163 e. The van der Waals surface area contributed by atoms with Crippen molar-refractivity contribution < 1.29 is 9.47 Å². The smallest absolute Gasteiger partial charge is 0.163 e. The molecule has 0 amide bonds. The van der Waals surface area contributed by atoms with Gasteiger partial charge in [0, 0.05) is 24.7 Å². The van der Waals surface area contributed by atoms with Crippen LogP contribution in [0, 0.1) is 0 Å². The van der Waals surface area contributed by atoms with E-state index in [-0.39, 0.29) is 23.8 Å². The molecule has 1 saturated heterocycles. The maximum atomic E-state index is 6.83. The van der Waals surface area contributed by atoms with E-state index in [1.165, 1.54) is 82.6 Å². The largest absolute Gasteiger partial charge is 0.345 e. The normalized spacial score (nSPS) is 20.8. The van der Waals surface area contributed by atoms with Crippen molar-refractivity contribution in [2.45, 2.75) is 161 Å². The molecule has 0 saturated carbocycles. The van der Waals surface area contributed by atoms with Crippen molar-refractivity contribution in [2.24, 2.45) is 5.73 Å². The third-order valence-corrected chi connectivity index (χ3v) is 7.58. The molecule has 208 valence electrons. The van der Waals surface area contributed by atoms with Crippen molar-refractivity contribution in [3.8, 4) is 0 Å². The lowest BCUT2D eigenvalue weighted by molar-refractivity contribution is -0.149. The number of nitrogens with zero attached hydrogens (tertiary/aromatic N) is 1. The Labute approximate surface area is 223 Å². The molecule has 0 bridgehead atoms. The van der Waals surface area contributed by atoms with Gasteiger partial charge in [0.2, 0.25) is 0 Å². The highest BCUT2D eigenvalue weighted by molar-refractivity contribution is 5.15. The van der Waals surface area contributed by atoms with Gasteiger partial charge in [-0.1, -0.05) is 114 Å². The van der Waals surface area contributed by atoms with Crippen LogP contribution in [-0.4, -0.2) is 41.0 Å². The van der Waals surface area contributed by atoms with Crippen LogP contribution in [-0.2, 0) is 16.0 Å². The molecule has 2 rings (SSSR count). The summed E-state index contributed by atoms with van der Waals surface area (Å²) in [7, 11) is 0. The van der Waals surface area contributed by atoms with E-state index in [1.807, 2.05) is 13.8 Å². The molecule has 0 radical (unpaired) electrons. The molecule has 1 heterocycles. The highest BCUT2D eigenvalue weighted by Crippen LogP contribution is 2.33. The molecule has 4 nitrogen and oxygen atoms in total. The molecule has 3 atom stereocenters. The van der Waals surface area contributed by atoms with Gasteiger partial charge in [0.15, 0.2) is 5.79 Å². The van der Waals surface area contributed by atoms with E-state index >= 15 is 0 Å². The van der Waals surface area contributed by atoms with Gasteiger partial charge >= 0.3 is 0 Å². The van der Waals surface area contributed by atoms with Gasteiger partial charge in [-0.25, -0.2) is 0 Å². The standard InChI is InChI=1S/C32H58N2O2/c1-7-8-9-10-11-12-13-14-15-16-17-21-24-29-30(36-32(5,6)35-29)28(33)26-34(31(2,3)4)25-27-22-19-18-20-23-27/h18-20,22-23,28-30H,7-17,21,24-26,33H2,1-6H3/t28-,29+,30-/m0/s1. The summed E-state index contributed by atoms with van der Waals surface area (Å²) in [6, 6.07) is 10.6. The highest BCUT2D eigenvalue weighted by atomic mass is 16.8. The number of ether oxygens (including phenoxy) is 2. The van der Waals surface area contributed by atoms with E-state index in [9.17, 15) is 0 Å². The molecule has 1 aromatic carbocycles. The second kappa shape index (κ2) is 16.1. The predicted molar refractivity (Wildman–Crippen MR) is 154 cm³/mol. The van der Waals surface area contributed by atoms with Gasteiger partial charge in [-0.05, 0) is 46.6 Å². The number of unbranched alkanes of at least 4 members (excludes halogenated alkanes) is 11. The van der Waals surface area contributed by atoms with E-state index in [0.29, 0.717) is 0 Å². The van der Waals surface area contributed by atoms with E-state index in [1.54, 1.807) is 0 Å². The molecule has 1 aliphatic heterocycles. The summed E-state index contributed by atoms with van der Waals surface area (Å²) >= 11 is 0. The second-order valence-electron chi connectivity index (χ2n) is 12.5. The summed E-state index contributed by atoms with van der Waals surface area (Å²) in [4.78, 5) is 2.47. The topological polar surface area (TPSA) is 47.7 Å². The molecule has 1 aromatic rings. The van der Waals surface area contributed by atoms with Crippen LogP contribution in [0.3, 0.4) is 0 Å². The zero-order chi connectivity index (χ0) is 26.4. The zero-order valence-corrected chi connectivity index (χ0v) is 24.6. The quantitative estimate of drug-likeness (QED) is 0.205. The predicted octanol–water partition coefficient (Wildman–Crippen LogP) is 8.23. The molecule has 2 N–H and O–H groups in total. The number of hydrogen-bond donors (Lipinski definition) is 1. The first-order valence-corrected chi connectivity index (χ1v) is 15.0. The van der Waals surface area contributed by atoms with Crippen LogP contribution in [0.1, 0.15) is 131 Å². The van der Waals surface area contributed by atoms with Gasteiger partial charge in [0.1, 0.15) is 6.10 Å². The lowest BCUT2D eigenvalue weighted by Gasteiger charge is -2.39. The minimum atomic E-state index is -0.559. The highest BCUT2D eigenvalue weighted by Gasteiger charge is 2.44. The number of benzene rings is 1. The van der Waals surface area contributed by atoms with Gasteiger partial charge < -0.3 is 15.2 Å². The van der Waals surface area contributed by atoms with Crippen LogP contribution in [0.5, 0.6) is 0 Å². The van der Waals surface area contributed by atoms with Gasteiger partial charge in [-0.2, -0.15) is 0 Å². The number of hydrogen-bond acceptors (Lipinski definition) is 4. The van der Waals surface area contributed by atoms with Crippen molar-refractivity contribution in [1.29, 1.82) is 0 Å². The number of nitrogens with two attached hydrogens (primary N) is 1. The van der Waals surface area contributed by atoms with Gasteiger partial charge in [0.05, 0.1) is 6.10 Å². The third kappa shape index (κ3) is 12.1. The van der Waals surface area contributed by atoms with Gasteiger partial charge in [-0.15, -0.1) is 0 Å². The van der Waals surface area contributed by atoms with Crippen molar-refractivity contribution >= 4 is 0 Å². The minimum absolute atomic E-state index is 0.0213. The summed E-state index contributed by atoms with van der Waals surface area (Å²) in [5.41, 5.74) is 8.17. The van der Waals surface area contributed by atoms with Crippen LogP contribution < -0.4 is 5.73 Å². The first-order chi connectivity index (χ1) is 17.1. The Kier molecular flexibility index (Phi) is 14.0. The molecular formula is C32H58N2O2. The second-order valence-corrected chi connectivity index (χ2v) is 12.5. The average Bonchev–Trinajstić information content (AvgIpc) is 3.13. The fourth-order valence-corrected chi connectivity index (χ4v) is 5.37. The Bertz CT molecular complexity index is 685. The fourth-order valence-electron chi connectivity index (χ4n) is 5.37.